The fourth-order valence-corrected chi connectivity index (χ4v) is 7.53. The van der Waals surface area contributed by atoms with Crippen LogP contribution >= 0.6 is 0 Å². The third-order valence-corrected chi connectivity index (χ3v) is 11.4. The van der Waals surface area contributed by atoms with E-state index < -0.39 is 12.1 Å². The van der Waals surface area contributed by atoms with Gasteiger partial charge in [-0.2, -0.15) is 0 Å². The predicted molar refractivity (Wildman–Crippen MR) is 267 cm³/mol. The van der Waals surface area contributed by atoms with Gasteiger partial charge in [0, 0.05) is 6.42 Å². The van der Waals surface area contributed by atoms with E-state index in [9.17, 15) is 15.0 Å². The normalized spacial score (nSPS) is 13.6. The van der Waals surface area contributed by atoms with Crippen molar-refractivity contribution in [2.75, 3.05) is 6.61 Å². The summed E-state index contributed by atoms with van der Waals surface area (Å²) < 4.78 is 0. The molecule has 0 rings (SSSR count). The summed E-state index contributed by atoms with van der Waals surface area (Å²) in [7, 11) is 0. The van der Waals surface area contributed by atoms with Gasteiger partial charge in [0.05, 0.1) is 18.8 Å². The Hall–Kier alpha value is -2.43. The van der Waals surface area contributed by atoms with Crippen LogP contribution in [0, 0.1) is 0 Å². The maximum Gasteiger partial charge on any atom is 0.220 e. The van der Waals surface area contributed by atoms with E-state index in [-0.39, 0.29) is 12.5 Å². The molecule has 0 saturated carbocycles. The van der Waals surface area contributed by atoms with Gasteiger partial charge in [-0.1, -0.05) is 259 Å². The molecule has 0 aromatic rings. The second kappa shape index (κ2) is 50.9. The van der Waals surface area contributed by atoms with Crippen LogP contribution in [0.4, 0.5) is 0 Å². The van der Waals surface area contributed by atoms with E-state index in [1.165, 1.54) is 148 Å². The fourth-order valence-electron chi connectivity index (χ4n) is 7.53. The van der Waals surface area contributed by atoms with Crippen molar-refractivity contribution >= 4 is 5.91 Å². The number of aliphatic hydroxyl groups excluding tert-OH is 2. The highest BCUT2D eigenvalue weighted by Crippen LogP contribution is 2.17. The number of aliphatic hydroxyl groups is 2. The summed E-state index contributed by atoms with van der Waals surface area (Å²) >= 11 is 0. The highest BCUT2D eigenvalue weighted by molar-refractivity contribution is 5.76. The van der Waals surface area contributed by atoms with E-state index in [1.807, 2.05) is 0 Å². The van der Waals surface area contributed by atoms with Crippen LogP contribution in [-0.4, -0.2) is 34.9 Å². The van der Waals surface area contributed by atoms with Crippen LogP contribution in [0.15, 0.2) is 85.1 Å². The highest BCUT2D eigenvalue weighted by atomic mass is 16.3. The van der Waals surface area contributed by atoms with E-state index >= 15 is 0 Å². The first-order valence-corrected chi connectivity index (χ1v) is 25.8. The van der Waals surface area contributed by atoms with Gasteiger partial charge in [0.2, 0.25) is 5.91 Å². The summed E-state index contributed by atoms with van der Waals surface area (Å²) in [5.74, 6) is -0.0896. The largest absolute Gasteiger partial charge is 0.394 e. The molecule has 0 aliphatic carbocycles. The molecule has 4 nitrogen and oxygen atoms in total. The molecule has 0 aromatic heterocycles. The summed E-state index contributed by atoms with van der Waals surface area (Å²) in [6.45, 7) is 4.23. The summed E-state index contributed by atoms with van der Waals surface area (Å²) in [5.41, 5.74) is 0. The fraction of sp³-hybridized carbons (Fsp3) is 0.732. The van der Waals surface area contributed by atoms with Crippen molar-refractivity contribution in [1.82, 2.24) is 5.32 Å². The van der Waals surface area contributed by atoms with Crippen molar-refractivity contribution in [2.45, 2.75) is 257 Å². The number of carbonyl (C=O) groups is 1. The number of hydrogen-bond acceptors (Lipinski definition) is 3. The van der Waals surface area contributed by atoms with Gasteiger partial charge in [-0.3, -0.25) is 4.79 Å². The lowest BCUT2D eigenvalue weighted by Crippen LogP contribution is -2.45. The van der Waals surface area contributed by atoms with Crippen LogP contribution in [0.2, 0.25) is 0 Å². The Kier molecular flexibility index (Phi) is 48.9. The minimum Gasteiger partial charge on any atom is -0.394 e. The molecule has 0 aromatic carbocycles. The number of hydrogen-bond donors (Lipinski definition) is 3. The van der Waals surface area contributed by atoms with Gasteiger partial charge < -0.3 is 15.5 Å². The minimum atomic E-state index is -0.690. The van der Waals surface area contributed by atoms with E-state index in [0.29, 0.717) is 12.8 Å². The van der Waals surface area contributed by atoms with E-state index in [0.717, 1.165) is 70.6 Å². The van der Waals surface area contributed by atoms with Crippen LogP contribution in [0.5, 0.6) is 0 Å². The van der Waals surface area contributed by atoms with Gasteiger partial charge in [-0.25, -0.2) is 0 Å². The zero-order valence-corrected chi connectivity index (χ0v) is 39.7. The van der Waals surface area contributed by atoms with Gasteiger partial charge in [0.15, 0.2) is 0 Å². The molecule has 0 radical (unpaired) electrons. The van der Waals surface area contributed by atoms with Gasteiger partial charge in [-0.15, -0.1) is 0 Å². The first-order chi connectivity index (χ1) is 29.7. The van der Waals surface area contributed by atoms with Crippen molar-refractivity contribution in [3.8, 4) is 0 Å². The Labute approximate surface area is 373 Å². The summed E-state index contributed by atoms with van der Waals surface area (Å²) in [4.78, 5) is 12.4. The zero-order valence-electron chi connectivity index (χ0n) is 39.7. The van der Waals surface area contributed by atoms with E-state index in [4.69, 9.17) is 0 Å². The Morgan fingerprint density at radius 3 is 1.03 bits per heavy atom. The van der Waals surface area contributed by atoms with Crippen LogP contribution in [0.25, 0.3) is 0 Å². The number of amides is 1. The first kappa shape index (κ1) is 57.6. The van der Waals surface area contributed by atoms with Gasteiger partial charge in [0.25, 0.3) is 0 Å². The number of nitrogens with one attached hydrogen (secondary N) is 1. The molecule has 0 saturated heterocycles. The maximum atomic E-state index is 12.4. The lowest BCUT2D eigenvalue weighted by atomic mass is 10.0. The molecule has 1 amide bonds. The van der Waals surface area contributed by atoms with Gasteiger partial charge >= 0.3 is 0 Å². The molecular weight excluding hydrogens is 735 g/mol. The summed E-state index contributed by atoms with van der Waals surface area (Å²) in [5, 5.41) is 23.2. The molecule has 0 aliphatic rings. The number of rotatable bonds is 46. The average Bonchev–Trinajstić information content (AvgIpc) is 3.25. The number of unbranched alkanes of at least 4 members (excludes halogenated alkanes) is 25. The average molecular weight is 834 g/mol. The molecule has 60 heavy (non-hydrogen) atoms. The lowest BCUT2D eigenvalue weighted by molar-refractivity contribution is -0.123. The van der Waals surface area contributed by atoms with Crippen molar-refractivity contribution < 1.29 is 15.0 Å². The molecule has 2 atom stereocenters. The molecule has 4 heteroatoms. The minimum absolute atomic E-state index is 0.0896. The molecular formula is C56H99NO3. The lowest BCUT2D eigenvalue weighted by Gasteiger charge is -2.22. The Morgan fingerprint density at radius 1 is 0.417 bits per heavy atom. The van der Waals surface area contributed by atoms with Gasteiger partial charge in [-0.05, 0) is 64.2 Å². The molecule has 0 spiro atoms. The molecule has 0 aliphatic heterocycles. The monoisotopic (exact) mass is 834 g/mol. The standard InChI is InChI=1S/C56H99NO3/c1-3-5-7-9-11-13-15-17-19-21-23-25-27-28-30-31-33-35-37-39-41-43-45-47-49-51-55(59)54(53-58)57-56(60)52-50-48-46-44-42-40-38-36-34-32-29-26-24-22-20-18-16-14-12-10-8-6-4-2/h6,8,12,14,18,20,24,26,32,34,38,40,44,46,54-55,58-59H,3-5,7,9-11,13,15-17,19,21-23,25,27-31,33,35-37,39,41-43,45,47-53H2,1-2H3,(H,57,60)/b8-6-,14-12-,20-18-,26-24-,34-32-,40-38-,46-44-. The number of carbonyl (C=O) groups excluding carboxylic acids is 1. The van der Waals surface area contributed by atoms with Gasteiger partial charge in [0.1, 0.15) is 0 Å². The Bertz CT molecular complexity index is 1080. The Morgan fingerprint density at radius 2 is 0.717 bits per heavy atom. The second-order valence-corrected chi connectivity index (χ2v) is 17.2. The SMILES string of the molecule is CC/C=C\C/C=C\C/C=C\C/C=C\C/C=C\C/C=C\C/C=C\CCCC(=O)NC(CO)C(O)CCCCCCCCCCCCCCCCCCCCCCCCCCC. The third kappa shape index (κ3) is 46.6. The smallest absolute Gasteiger partial charge is 0.220 e. The van der Waals surface area contributed by atoms with Crippen LogP contribution in [-0.2, 0) is 4.79 Å². The van der Waals surface area contributed by atoms with Crippen molar-refractivity contribution in [1.29, 1.82) is 0 Å². The van der Waals surface area contributed by atoms with Crippen LogP contribution < -0.4 is 5.32 Å². The zero-order chi connectivity index (χ0) is 43.5. The van der Waals surface area contributed by atoms with Crippen molar-refractivity contribution in [3.63, 3.8) is 0 Å². The maximum absolute atomic E-state index is 12.4. The molecule has 0 bridgehead atoms. The molecule has 2 unspecified atom stereocenters. The van der Waals surface area contributed by atoms with Crippen molar-refractivity contribution in [3.05, 3.63) is 85.1 Å². The molecule has 0 fully saturated rings. The van der Waals surface area contributed by atoms with E-state index in [2.05, 4.69) is 104 Å². The predicted octanol–water partition coefficient (Wildman–Crippen LogP) is 16.8. The molecule has 346 valence electrons. The topological polar surface area (TPSA) is 69.6 Å². The molecule has 0 heterocycles. The summed E-state index contributed by atoms with van der Waals surface area (Å²) in [6, 6.07) is -0.574. The van der Waals surface area contributed by atoms with Crippen molar-refractivity contribution in [2.24, 2.45) is 0 Å². The van der Waals surface area contributed by atoms with Crippen LogP contribution in [0.1, 0.15) is 245 Å². The number of allylic oxidation sites excluding steroid dienone is 14. The third-order valence-electron chi connectivity index (χ3n) is 11.4. The first-order valence-electron chi connectivity index (χ1n) is 25.8. The molecule has 3 N–H and O–H groups in total. The van der Waals surface area contributed by atoms with Crippen LogP contribution in [0.3, 0.4) is 0 Å². The van der Waals surface area contributed by atoms with E-state index in [1.54, 1.807) is 0 Å². The summed E-state index contributed by atoms with van der Waals surface area (Å²) in [6.07, 6.45) is 74.1. The Balaban J connectivity index is 3.60. The second-order valence-electron chi connectivity index (χ2n) is 17.2. The quantitative estimate of drug-likeness (QED) is 0.0423. The highest BCUT2D eigenvalue weighted by Gasteiger charge is 2.19.